The minimum absolute atomic E-state index is 0.0512. The summed E-state index contributed by atoms with van der Waals surface area (Å²) in [6.07, 6.45) is 28.7. The van der Waals surface area contributed by atoms with Crippen LogP contribution in [-0.4, -0.2) is 61.4 Å². The first-order valence-electron chi connectivity index (χ1n) is 19.0. The van der Waals surface area contributed by atoms with E-state index in [9.17, 15) is 14.7 Å². The number of aliphatic hydroxyl groups excluding tert-OH is 1. The standard InChI is InChI=1S/C38H75NO5/c1-5-7-9-11-13-14-16-19-26-34-43-36(41)28-22-21-25-31-39(32-33-40)30-24-18-17-23-29-38(3,4)37(42)44-35-27-20-15-12-10-8-6-2/h40H,5-35H2,1-4H3. The summed E-state index contributed by atoms with van der Waals surface area (Å²) >= 11 is 0. The molecule has 44 heavy (non-hydrogen) atoms. The number of unbranched alkanes of at least 4 members (excludes halogenated alkanes) is 19. The molecule has 0 fully saturated rings. The third kappa shape index (κ3) is 28.3. The van der Waals surface area contributed by atoms with E-state index < -0.39 is 5.41 Å². The molecule has 0 amide bonds. The lowest BCUT2D eigenvalue weighted by molar-refractivity contribution is -0.154. The summed E-state index contributed by atoms with van der Waals surface area (Å²) in [5.41, 5.74) is -0.413. The molecular weight excluding hydrogens is 550 g/mol. The van der Waals surface area contributed by atoms with Gasteiger partial charge in [-0.05, 0) is 65.5 Å². The van der Waals surface area contributed by atoms with Crippen LogP contribution in [0.4, 0.5) is 0 Å². The molecule has 0 saturated carbocycles. The zero-order valence-corrected chi connectivity index (χ0v) is 29.9. The summed E-state index contributed by atoms with van der Waals surface area (Å²) in [4.78, 5) is 26.9. The monoisotopic (exact) mass is 626 g/mol. The van der Waals surface area contributed by atoms with Gasteiger partial charge in [-0.3, -0.25) is 9.59 Å². The van der Waals surface area contributed by atoms with E-state index in [1.54, 1.807) is 0 Å². The average molecular weight is 626 g/mol. The molecule has 0 aliphatic rings. The minimum Gasteiger partial charge on any atom is -0.466 e. The second-order valence-corrected chi connectivity index (χ2v) is 13.7. The van der Waals surface area contributed by atoms with Crippen molar-refractivity contribution in [1.82, 2.24) is 4.90 Å². The summed E-state index contributed by atoms with van der Waals surface area (Å²) < 4.78 is 11.0. The highest BCUT2D eigenvalue weighted by molar-refractivity contribution is 5.75. The largest absolute Gasteiger partial charge is 0.466 e. The quantitative estimate of drug-likeness (QED) is 0.0566. The number of nitrogens with zero attached hydrogens (tertiary/aromatic N) is 1. The summed E-state index contributed by atoms with van der Waals surface area (Å²) in [5.74, 6) is -0.106. The zero-order chi connectivity index (χ0) is 32.6. The highest BCUT2D eigenvalue weighted by atomic mass is 16.5. The zero-order valence-electron chi connectivity index (χ0n) is 29.9. The molecule has 0 radical (unpaired) electrons. The van der Waals surface area contributed by atoms with Crippen LogP contribution < -0.4 is 0 Å². The predicted octanol–water partition coefficient (Wildman–Crippen LogP) is 10.2. The Labute approximate surface area is 273 Å². The van der Waals surface area contributed by atoms with Gasteiger partial charge in [-0.2, -0.15) is 0 Å². The Bertz CT molecular complexity index is 639. The van der Waals surface area contributed by atoms with E-state index in [0.717, 1.165) is 90.1 Å². The number of hydrogen-bond donors (Lipinski definition) is 1. The predicted molar refractivity (Wildman–Crippen MR) is 186 cm³/mol. The highest BCUT2D eigenvalue weighted by Gasteiger charge is 2.28. The van der Waals surface area contributed by atoms with Crippen molar-refractivity contribution >= 4 is 11.9 Å². The molecule has 0 aliphatic heterocycles. The number of ether oxygens (including phenoxy) is 2. The van der Waals surface area contributed by atoms with Crippen LogP contribution in [0.3, 0.4) is 0 Å². The molecule has 262 valence electrons. The summed E-state index contributed by atoms with van der Waals surface area (Å²) in [6, 6.07) is 0. The molecule has 0 spiro atoms. The third-order valence-electron chi connectivity index (χ3n) is 8.84. The molecule has 6 heteroatoms. The Hall–Kier alpha value is -1.14. The van der Waals surface area contributed by atoms with E-state index >= 15 is 0 Å². The number of hydrogen-bond acceptors (Lipinski definition) is 6. The molecule has 0 aliphatic carbocycles. The van der Waals surface area contributed by atoms with Gasteiger partial charge < -0.3 is 19.5 Å². The Morgan fingerprint density at radius 3 is 1.50 bits per heavy atom. The summed E-state index contributed by atoms with van der Waals surface area (Å²) in [5, 5.41) is 9.48. The average Bonchev–Trinajstić information content (AvgIpc) is 3.00. The molecule has 1 N–H and O–H groups in total. The van der Waals surface area contributed by atoms with Gasteiger partial charge in [0.15, 0.2) is 0 Å². The molecular formula is C38H75NO5. The van der Waals surface area contributed by atoms with Crippen LogP contribution >= 0.6 is 0 Å². The second-order valence-electron chi connectivity index (χ2n) is 13.7. The van der Waals surface area contributed by atoms with Crippen molar-refractivity contribution in [2.45, 2.75) is 188 Å². The van der Waals surface area contributed by atoms with Gasteiger partial charge in [-0.25, -0.2) is 0 Å². The number of aliphatic hydroxyl groups is 1. The molecule has 0 rings (SSSR count). The lowest BCUT2D eigenvalue weighted by Crippen LogP contribution is -2.29. The highest BCUT2D eigenvalue weighted by Crippen LogP contribution is 2.26. The van der Waals surface area contributed by atoms with Crippen LogP contribution in [0.5, 0.6) is 0 Å². The van der Waals surface area contributed by atoms with Crippen molar-refractivity contribution in [2.75, 3.05) is 39.5 Å². The van der Waals surface area contributed by atoms with Gasteiger partial charge in [0, 0.05) is 13.0 Å². The maximum absolute atomic E-state index is 12.5. The molecule has 0 heterocycles. The smallest absolute Gasteiger partial charge is 0.311 e. The van der Waals surface area contributed by atoms with Crippen LogP contribution in [0, 0.1) is 5.41 Å². The van der Waals surface area contributed by atoms with Crippen molar-refractivity contribution in [2.24, 2.45) is 5.41 Å². The molecule has 0 unspecified atom stereocenters. The van der Waals surface area contributed by atoms with Crippen LogP contribution in [0.25, 0.3) is 0 Å². The van der Waals surface area contributed by atoms with Gasteiger partial charge in [-0.15, -0.1) is 0 Å². The van der Waals surface area contributed by atoms with Crippen LogP contribution in [0.1, 0.15) is 188 Å². The van der Waals surface area contributed by atoms with Gasteiger partial charge in [0.1, 0.15) is 0 Å². The first-order chi connectivity index (χ1) is 21.4. The summed E-state index contributed by atoms with van der Waals surface area (Å²) in [6.45, 7) is 12.5. The van der Waals surface area contributed by atoms with Gasteiger partial charge in [-0.1, -0.05) is 129 Å². The fourth-order valence-corrected chi connectivity index (χ4v) is 5.71. The van der Waals surface area contributed by atoms with Crippen molar-refractivity contribution in [3.8, 4) is 0 Å². The number of carbonyl (C=O) groups excluding carboxylic acids is 2. The fourth-order valence-electron chi connectivity index (χ4n) is 5.71. The molecule has 0 saturated heterocycles. The van der Waals surface area contributed by atoms with E-state index in [1.165, 1.54) is 77.0 Å². The Balaban J connectivity index is 3.77. The Kier molecular flexibility index (Phi) is 31.0. The number of rotatable bonds is 34. The topological polar surface area (TPSA) is 76.1 Å². The molecule has 0 atom stereocenters. The van der Waals surface area contributed by atoms with Crippen molar-refractivity contribution in [3.63, 3.8) is 0 Å². The van der Waals surface area contributed by atoms with E-state index in [2.05, 4.69) is 18.7 Å². The molecule has 0 aromatic heterocycles. The fraction of sp³-hybridized carbons (Fsp3) is 0.947. The van der Waals surface area contributed by atoms with Crippen LogP contribution in [0.15, 0.2) is 0 Å². The first-order valence-corrected chi connectivity index (χ1v) is 19.0. The van der Waals surface area contributed by atoms with E-state index in [4.69, 9.17) is 9.47 Å². The molecule has 0 bridgehead atoms. The maximum Gasteiger partial charge on any atom is 0.311 e. The lowest BCUT2D eigenvalue weighted by Gasteiger charge is -2.23. The van der Waals surface area contributed by atoms with Gasteiger partial charge in [0.25, 0.3) is 0 Å². The van der Waals surface area contributed by atoms with E-state index in [1.807, 2.05) is 13.8 Å². The van der Waals surface area contributed by atoms with E-state index in [0.29, 0.717) is 26.2 Å². The first kappa shape index (κ1) is 42.9. The van der Waals surface area contributed by atoms with E-state index in [-0.39, 0.29) is 18.5 Å². The van der Waals surface area contributed by atoms with Crippen LogP contribution in [0.2, 0.25) is 0 Å². The molecule has 6 nitrogen and oxygen atoms in total. The van der Waals surface area contributed by atoms with Gasteiger partial charge >= 0.3 is 11.9 Å². The Morgan fingerprint density at radius 2 is 0.977 bits per heavy atom. The normalized spacial score (nSPS) is 11.8. The number of esters is 2. The number of carbonyl (C=O) groups is 2. The Morgan fingerprint density at radius 1 is 0.545 bits per heavy atom. The third-order valence-corrected chi connectivity index (χ3v) is 8.84. The molecule has 0 aromatic rings. The molecule has 0 aromatic carbocycles. The maximum atomic E-state index is 12.5. The SMILES string of the molecule is CCCCCCCCCCCOC(=O)CCCCCN(CCO)CCCCCCC(C)(C)C(=O)OCCCCCCCCC. The van der Waals surface area contributed by atoms with Gasteiger partial charge in [0.05, 0.1) is 25.2 Å². The van der Waals surface area contributed by atoms with Gasteiger partial charge in [0.2, 0.25) is 0 Å². The minimum atomic E-state index is -0.413. The van der Waals surface area contributed by atoms with Crippen molar-refractivity contribution in [1.29, 1.82) is 0 Å². The van der Waals surface area contributed by atoms with Crippen molar-refractivity contribution in [3.05, 3.63) is 0 Å². The second kappa shape index (κ2) is 31.8. The lowest BCUT2D eigenvalue weighted by atomic mass is 9.87. The van der Waals surface area contributed by atoms with Crippen LogP contribution in [-0.2, 0) is 19.1 Å². The summed E-state index contributed by atoms with van der Waals surface area (Å²) in [7, 11) is 0. The van der Waals surface area contributed by atoms with Crippen molar-refractivity contribution < 1.29 is 24.2 Å².